The van der Waals surface area contributed by atoms with Gasteiger partial charge in [-0.2, -0.15) is 0 Å². The number of carboxylic acid groups (broad SMARTS) is 2. The number of hydrogen-bond donors (Lipinski definition) is 5. The van der Waals surface area contributed by atoms with Crippen LogP contribution in [0.5, 0.6) is 0 Å². The molecule has 3 amide bonds. The minimum atomic E-state index is -1.37. The Morgan fingerprint density at radius 1 is 1.03 bits per heavy atom. The molecule has 0 spiro atoms. The normalized spacial score (nSPS) is 23.8. The summed E-state index contributed by atoms with van der Waals surface area (Å²) in [5, 5.41) is 30.5. The zero-order chi connectivity index (χ0) is 23.3. The highest BCUT2D eigenvalue weighted by molar-refractivity contribution is 5.95. The number of amides is 3. The van der Waals surface area contributed by atoms with Gasteiger partial charge in [0.2, 0.25) is 17.7 Å². The molecule has 5 unspecified atom stereocenters. The number of nitrogens with one attached hydrogen (secondary N) is 1. The zero-order valence-corrected chi connectivity index (χ0v) is 17.4. The van der Waals surface area contributed by atoms with Crippen LogP contribution < -0.4 is 11.1 Å². The van der Waals surface area contributed by atoms with Crippen molar-refractivity contribution in [2.24, 2.45) is 5.73 Å². The first-order valence-electron chi connectivity index (χ1n) is 10.3. The summed E-state index contributed by atoms with van der Waals surface area (Å²) in [5.41, 5.74) is 5.67. The number of hydrogen-bond acceptors (Lipinski definition) is 7. The molecule has 2 saturated heterocycles. The molecule has 0 aliphatic carbocycles. The molecule has 2 heterocycles. The third-order valence-electron chi connectivity index (χ3n) is 5.69. The van der Waals surface area contributed by atoms with Gasteiger partial charge >= 0.3 is 11.9 Å². The van der Waals surface area contributed by atoms with E-state index < -0.39 is 59.9 Å². The molecule has 0 radical (unpaired) electrons. The number of carbonyl (C=O) groups is 5. The maximum absolute atomic E-state index is 13.1. The Morgan fingerprint density at radius 2 is 1.61 bits per heavy atom. The molecular formula is C19H30N4O8. The van der Waals surface area contributed by atoms with Crippen LogP contribution in [0.1, 0.15) is 45.4 Å². The predicted molar refractivity (Wildman–Crippen MR) is 106 cm³/mol. The molecule has 2 aliphatic heterocycles. The Bertz CT molecular complexity index is 728. The zero-order valence-electron chi connectivity index (χ0n) is 17.4. The van der Waals surface area contributed by atoms with E-state index in [1.807, 2.05) is 0 Å². The lowest BCUT2D eigenvalue weighted by Crippen LogP contribution is -2.59. The first-order chi connectivity index (χ1) is 14.5. The second kappa shape index (κ2) is 10.5. The summed E-state index contributed by atoms with van der Waals surface area (Å²) >= 11 is 0. The van der Waals surface area contributed by atoms with Crippen molar-refractivity contribution in [1.82, 2.24) is 15.1 Å². The molecule has 12 heteroatoms. The molecule has 2 fully saturated rings. The highest BCUT2D eigenvalue weighted by atomic mass is 16.4. The second-order valence-electron chi connectivity index (χ2n) is 7.98. The van der Waals surface area contributed by atoms with Gasteiger partial charge in [-0.25, -0.2) is 4.79 Å². The number of nitrogens with two attached hydrogens (primary N) is 1. The minimum Gasteiger partial charge on any atom is -0.481 e. The molecule has 174 valence electrons. The van der Waals surface area contributed by atoms with Gasteiger partial charge in [-0.1, -0.05) is 0 Å². The standard InChI is InChI=1S/C19H30N4O8/c1-10(24)15(21-16(27)11(20)6-7-14(25)26)18(29)22-8-2-4-12(22)17(28)23-9-3-5-13(23)19(30)31/h10-13,15,24H,2-9,20H2,1H3,(H,21,27)(H,25,26)(H,30,31). The molecule has 5 atom stereocenters. The largest absolute Gasteiger partial charge is 0.481 e. The summed E-state index contributed by atoms with van der Waals surface area (Å²) in [6.45, 7) is 1.83. The molecule has 2 rings (SSSR count). The van der Waals surface area contributed by atoms with Crippen molar-refractivity contribution in [3.05, 3.63) is 0 Å². The molecule has 2 aliphatic rings. The molecular weight excluding hydrogens is 412 g/mol. The Hall–Kier alpha value is -2.73. The summed E-state index contributed by atoms with van der Waals surface area (Å²) in [7, 11) is 0. The molecule has 0 aromatic heterocycles. The van der Waals surface area contributed by atoms with E-state index in [0.717, 1.165) is 0 Å². The fraction of sp³-hybridized carbons (Fsp3) is 0.737. The minimum absolute atomic E-state index is 0.141. The monoisotopic (exact) mass is 442 g/mol. The smallest absolute Gasteiger partial charge is 0.326 e. The quantitative estimate of drug-likeness (QED) is 0.272. The Kier molecular flexibility index (Phi) is 8.34. The van der Waals surface area contributed by atoms with Crippen LogP contribution in [-0.4, -0.2) is 98.1 Å². The second-order valence-corrected chi connectivity index (χ2v) is 7.98. The summed E-state index contributed by atoms with van der Waals surface area (Å²) in [5.74, 6) is -4.12. The Morgan fingerprint density at radius 3 is 2.16 bits per heavy atom. The van der Waals surface area contributed by atoms with Crippen molar-refractivity contribution in [2.75, 3.05) is 13.1 Å². The predicted octanol–water partition coefficient (Wildman–Crippen LogP) is -1.89. The lowest BCUT2D eigenvalue weighted by atomic mass is 10.1. The fourth-order valence-corrected chi connectivity index (χ4v) is 4.00. The number of aliphatic hydroxyl groups excluding tert-OH is 1. The van der Waals surface area contributed by atoms with E-state index in [1.165, 1.54) is 16.7 Å². The van der Waals surface area contributed by atoms with Crippen LogP contribution in [0, 0.1) is 0 Å². The molecule has 0 aromatic carbocycles. The van der Waals surface area contributed by atoms with E-state index in [0.29, 0.717) is 32.2 Å². The van der Waals surface area contributed by atoms with Crippen LogP contribution in [0.4, 0.5) is 0 Å². The number of likely N-dealkylation sites (tertiary alicyclic amines) is 2. The number of carboxylic acids is 2. The number of nitrogens with zero attached hydrogens (tertiary/aromatic N) is 2. The van der Waals surface area contributed by atoms with Gasteiger partial charge in [-0.15, -0.1) is 0 Å². The van der Waals surface area contributed by atoms with Gasteiger partial charge in [0.05, 0.1) is 12.1 Å². The van der Waals surface area contributed by atoms with Gasteiger partial charge in [0.25, 0.3) is 0 Å². The Labute approximate surface area is 179 Å². The van der Waals surface area contributed by atoms with Crippen molar-refractivity contribution in [1.29, 1.82) is 0 Å². The first kappa shape index (κ1) is 24.5. The highest BCUT2D eigenvalue weighted by Gasteiger charge is 2.44. The SMILES string of the molecule is CC(O)C(NC(=O)C(N)CCC(=O)O)C(=O)N1CCCC1C(=O)N1CCCC1C(=O)O. The van der Waals surface area contributed by atoms with Crippen LogP contribution in [0.15, 0.2) is 0 Å². The lowest BCUT2D eigenvalue weighted by Gasteiger charge is -2.33. The summed E-state index contributed by atoms with van der Waals surface area (Å²) < 4.78 is 0. The maximum atomic E-state index is 13.1. The number of aliphatic hydroxyl groups is 1. The van der Waals surface area contributed by atoms with E-state index in [1.54, 1.807) is 0 Å². The van der Waals surface area contributed by atoms with Crippen LogP contribution in [0.25, 0.3) is 0 Å². The van der Waals surface area contributed by atoms with Crippen molar-refractivity contribution in [3.63, 3.8) is 0 Å². The summed E-state index contributed by atoms with van der Waals surface area (Å²) in [6.07, 6.45) is 0.0200. The van der Waals surface area contributed by atoms with Crippen molar-refractivity contribution >= 4 is 29.7 Å². The van der Waals surface area contributed by atoms with Crippen molar-refractivity contribution in [2.45, 2.75) is 75.7 Å². The molecule has 6 N–H and O–H groups in total. The number of carbonyl (C=O) groups excluding carboxylic acids is 3. The molecule has 0 saturated carbocycles. The third-order valence-corrected chi connectivity index (χ3v) is 5.69. The Balaban J connectivity index is 2.10. The average molecular weight is 442 g/mol. The van der Waals surface area contributed by atoms with E-state index in [-0.39, 0.29) is 19.4 Å². The molecule has 12 nitrogen and oxygen atoms in total. The third kappa shape index (κ3) is 5.91. The van der Waals surface area contributed by atoms with Gasteiger partial charge in [-0.3, -0.25) is 19.2 Å². The maximum Gasteiger partial charge on any atom is 0.326 e. The van der Waals surface area contributed by atoms with E-state index >= 15 is 0 Å². The average Bonchev–Trinajstić information content (AvgIpc) is 3.38. The first-order valence-corrected chi connectivity index (χ1v) is 10.3. The van der Waals surface area contributed by atoms with Gasteiger partial charge in [-0.05, 0) is 39.0 Å². The van der Waals surface area contributed by atoms with Crippen LogP contribution in [-0.2, 0) is 24.0 Å². The van der Waals surface area contributed by atoms with Crippen molar-refractivity contribution in [3.8, 4) is 0 Å². The summed E-state index contributed by atoms with van der Waals surface area (Å²) in [6, 6.07) is -4.34. The summed E-state index contributed by atoms with van der Waals surface area (Å²) in [4.78, 5) is 63.0. The fourth-order valence-electron chi connectivity index (χ4n) is 4.00. The van der Waals surface area contributed by atoms with Gasteiger partial charge < -0.3 is 36.2 Å². The molecule has 0 bridgehead atoms. The molecule has 31 heavy (non-hydrogen) atoms. The van der Waals surface area contributed by atoms with E-state index in [4.69, 9.17) is 10.8 Å². The van der Waals surface area contributed by atoms with Gasteiger partial charge in [0.15, 0.2) is 0 Å². The van der Waals surface area contributed by atoms with Crippen molar-refractivity contribution < 1.29 is 39.3 Å². The van der Waals surface area contributed by atoms with Gasteiger partial charge in [0.1, 0.15) is 18.1 Å². The van der Waals surface area contributed by atoms with Crippen LogP contribution >= 0.6 is 0 Å². The highest BCUT2D eigenvalue weighted by Crippen LogP contribution is 2.25. The van der Waals surface area contributed by atoms with Gasteiger partial charge in [0, 0.05) is 19.5 Å². The lowest BCUT2D eigenvalue weighted by molar-refractivity contribution is -0.153. The number of rotatable bonds is 9. The van der Waals surface area contributed by atoms with Crippen LogP contribution in [0.2, 0.25) is 0 Å². The number of aliphatic carboxylic acids is 2. The van der Waals surface area contributed by atoms with E-state index in [2.05, 4.69) is 5.32 Å². The van der Waals surface area contributed by atoms with E-state index in [9.17, 15) is 34.2 Å². The topological polar surface area (TPSA) is 191 Å². The molecule has 0 aromatic rings. The van der Waals surface area contributed by atoms with Crippen LogP contribution in [0.3, 0.4) is 0 Å².